The molecule has 2 aromatic carbocycles. The van der Waals surface area contributed by atoms with E-state index in [-0.39, 0.29) is 18.4 Å². The summed E-state index contributed by atoms with van der Waals surface area (Å²) in [5.74, 6) is 1.77. The molecule has 0 saturated carbocycles. The van der Waals surface area contributed by atoms with Crippen molar-refractivity contribution in [3.8, 4) is 17.2 Å². The van der Waals surface area contributed by atoms with E-state index < -0.39 is 5.63 Å². The SMILES string of the molecule is CCCOc1ccc(C(C)NC(=O)CCc2c(C)c3ccc(OC)cc3oc2=O)cc1OC. The molecular weight excluding hydrogens is 422 g/mol. The Labute approximate surface area is 193 Å². The Hall–Kier alpha value is -3.48. The van der Waals surface area contributed by atoms with Gasteiger partial charge in [-0.05, 0) is 62.1 Å². The molecule has 0 spiro atoms. The summed E-state index contributed by atoms with van der Waals surface area (Å²) in [6.07, 6.45) is 1.37. The first-order valence-electron chi connectivity index (χ1n) is 11.1. The maximum Gasteiger partial charge on any atom is 0.339 e. The first-order chi connectivity index (χ1) is 15.9. The molecule has 3 rings (SSSR count). The summed E-state index contributed by atoms with van der Waals surface area (Å²) < 4.78 is 21.8. The van der Waals surface area contributed by atoms with Crippen LogP contribution in [0, 0.1) is 6.92 Å². The maximum atomic E-state index is 12.6. The average molecular weight is 454 g/mol. The molecule has 0 aliphatic carbocycles. The third-order valence-corrected chi connectivity index (χ3v) is 5.62. The van der Waals surface area contributed by atoms with E-state index in [0.717, 1.165) is 22.9 Å². The minimum absolute atomic E-state index is 0.151. The van der Waals surface area contributed by atoms with Crippen molar-refractivity contribution in [3.05, 3.63) is 63.5 Å². The van der Waals surface area contributed by atoms with Gasteiger partial charge in [-0.2, -0.15) is 0 Å². The monoisotopic (exact) mass is 453 g/mol. The van der Waals surface area contributed by atoms with Crippen molar-refractivity contribution < 1.29 is 23.4 Å². The third-order valence-electron chi connectivity index (χ3n) is 5.62. The van der Waals surface area contributed by atoms with E-state index >= 15 is 0 Å². The van der Waals surface area contributed by atoms with Crippen LogP contribution in [0.1, 0.15) is 49.4 Å². The van der Waals surface area contributed by atoms with Crippen LogP contribution in [0.25, 0.3) is 11.0 Å². The quantitative estimate of drug-likeness (QED) is 0.447. The van der Waals surface area contributed by atoms with Gasteiger partial charge in [0.2, 0.25) is 5.91 Å². The smallest absolute Gasteiger partial charge is 0.339 e. The highest BCUT2D eigenvalue weighted by molar-refractivity contribution is 5.83. The van der Waals surface area contributed by atoms with Gasteiger partial charge in [-0.1, -0.05) is 13.0 Å². The number of hydrogen-bond donors (Lipinski definition) is 1. The fraction of sp³-hybridized carbons (Fsp3) is 0.385. The zero-order valence-electron chi connectivity index (χ0n) is 19.8. The highest BCUT2D eigenvalue weighted by Gasteiger charge is 2.16. The van der Waals surface area contributed by atoms with Crippen LogP contribution in [0.15, 0.2) is 45.6 Å². The van der Waals surface area contributed by atoms with Crippen molar-refractivity contribution in [2.75, 3.05) is 20.8 Å². The lowest BCUT2D eigenvalue weighted by molar-refractivity contribution is -0.121. The predicted molar refractivity (Wildman–Crippen MR) is 127 cm³/mol. The summed E-state index contributed by atoms with van der Waals surface area (Å²) in [6, 6.07) is 10.8. The molecule has 0 bridgehead atoms. The van der Waals surface area contributed by atoms with Crippen LogP contribution in [-0.2, 0) is 11.2 Å². The summed E-state index contributed by atoms with van der Waals surface area (Å²) in [6.45, 7) is 6.43. The number of methoxy groups -OCH3 is 2. The van der Waals surface area contributed by atoms with E-state index in [2.05, 4.69) is 5.32 Å². The van der Waals surface area contributed by atoms with Crippen LogP contribution in [0.2, 0.25) is 0 Å². The number of benzene rings is 2. The molecule has 3 aromatic rings. The van der Waals surface area contributed by atoms with Gasteiger partial charge in [-0.3, -0.25) is 4.79 Å². The number of rotatable bonds is 10. The Balaban J connectivity index is 1.68. The van der Waals surface area contributed by atoms with Gasteiger partial charge in [0.15, 0.2) is 11.5 Å². The number of fused-ring (bicyclic) bond motifs is 1. The van der Waals surface area contributed by atoms with Crippen LogP contribution in [0.3, 0.4) is 0 Å². The Morgan fingerprint density at radius 3 is 2.58 bits per heavy atom. The lowest BCUT2D eigenvalue weighted by Crippen LogP contribution is -2.27. The predicted octanol–water partition coefficient (Wildman–Crippen LogP) is 4.72. The number of aryl methyl sites for hydroxylation is 1. The molecule has 0 fully saturated rings. The second-order valence-electron chi connectivity index (χ2n) is 7.90. The number of carbonyl (C=O) groups is 1. The zero-order chi connectivity index (χ0) is 24.0. The van der Waals surface area contributed by atoms with Crippen LogP contribution in [0.5, 0.6) is 17.2 Å². The van der Waals surface area contributed by atoms with Gasteiger partial charge in [0.25, 0.3) is 0 Å². The molecule has 1 atom stereocenters. The van der Waals surface area contributed by atoms with Crippen molar-refractivity contribution in [1.29, 1.82) is 0 Å². The molecule has 0 radical (unpaired) electrons. The van der Waals surface area contributed by atoms with Gasteiger partial charge in [-0.25, -0.2) is 4.79 Å². The molecule has 0 aliphatic heterocycles. The van der Waals surface area contributed by atoms with Crippen LogP contribution in [-0.4, -0.2) is 26.7 Å². The van der Waals surface area contributed by atoms with Gasteiger partial charge < -0.3 is 23.9 Å². The number of hydrogen-bond acceptors (Lipinski definition) is 6. The van der Waals surface area contributed by atoms with Crippen LogP contribution in [0.4, 0.5) is 0 Å². The second-order valence-corrected chi connectivity index (χ2v) is 7.90. The number of nitrogens with one attached hydrogen (secondary N) is 1. The minimum Gasteiger partial charge on any atom is -0.497 e. The van der Waals surface area contributed by atoms with E-state index in [1.54, 1.807) is 20.3 Å². The van der Waals surface area contributed by atoms with Gasteiger partial charge in [0.1, 0.15) is 11.3 Å². The Bertz CT molecular complexity index is 1180. The molecule has 1 aromatic heterocycles. The third kappa shape index (κ3) is 5.66. The first-order valence-corrected chi connectivity index (χ1v) is 11.1. The van der Waals surface area contributed by atoms with Crippen molar-refractivity contribution in [2.45, 2.75) is 46.1 Å². The Morgan fingerprint density at radius 1 is 1.09 bits per heavy atom. The number of carbonyl (C=O) groups excluding carboxylic acids is 1. The summed E-state index contributed by atoms with van der Waals surface area (Å²) in [5.41, 5.74) is 2.27. The molecule has 1 unspecified atom stereocenters. The minimum atomic E-state index is -0.429. The van der Waals surface area contributed by atoms with E-state index in [0.29, 0.717) is 41.4 Å². The van der Waals surface area contributed by atoms with E-state index in [1.807, 2.05) is 51.1 Å². The van der Waals surface area contributed by atoms with Gasteiger partial charge in [0, 0.05) is 23.4 Å². The molecule has 7 nitrogen and oxygen atoms in total. The fourth-order valence-corrected chi connectivity index (χ4v) is 3.71. The number of ether oxygens (including phenoxy) is 3. The highest BCUT2D eigenvalue weighted by atomic mass is 16.5. The molecule has 0 saturated heterocycles. The standard InChI is InChI=1S/C26H31NO6/c1-6-13-32-22-11-7-18(14-24(22)31-5)17(3)27-25(28)12-10-21-16(2)20-9-8-19(30-4)15-23(20)33-26(21)29/h7-9,11,14-15,17H,6,10,12-13H2,1-5H3,(H,27,28). The van der Waals surface area contributed by atoms with E-state index in [4.69, 9.17) is 18.6 Å². The largest absolute Gasteiger partial charge is 0.497 e. The molecule has 176 valence electrons. The topological polar surface area (TPSA) is 87.0 Å². The molecule has 7 heteroatoms. The van der Waals surface area contributed by atoms with E-state index in [9.17, 15) is 9.59 Å². The van der Waals surface area contributed by atoms with Crippen molar-refractivity contribution >= 4 is 16.9 Å². The van der Waals surface area contributed by atoms with Crippen LogP contribution >= 0.6 is 0 Å². The molecule has 1 amide bonds. The van der Waals surface area contributed by atoms with Gasteiger partial charge in [-0.15, -0.1) is 0 Å². The lowest BCUT2D eigenvalue weighted by atomic mass is 10.0. The molecule has 1 N–H and O–H groups in total. The van der Waals surface area contributed by atoms with E-state index in [1.165, 1.54) is 0 Å². The molecule has 33 heavy (non-hydrogen) atoms. The average Bonchev–Trinajstić information content (AvgIpc) is 2.81. The summed E-state index contributed by atoms with van der Waals surface area (Å²) in [5, 5.41) is 3.82. The van der Waals surface area contributed by atoms with Gasteiger partial charge in [0.05, 0.1) is 26.9 Å². The Morgan fingerprint density at radius 2 is 1.88 bits per heavy atom. The summed E-state index contributed by atoms with van der Waals surface area (Å²) in [4.78, 5) is 25.1. The van der Waals surface area contributed by atoms with Crippen molar-refractivity contribution in [1.82, 2.24) is 5.32 Å². The maximum absolute atomic E-state index is 12.6. The molecule has 0 aliphatic rings. The molecule has 1 heterocycles. The normalized spacial score (nSPS) is 11.8. The highest BCUT2D eigenvalue weighted by Crippen LogP contribution is 2.30. The zero-order valence-corrected chi connectivity index (χ0v) is 19.8. The first kappa shape index (κ1) is 24.2. The number of amides is 1. The summed E-state index contributed by atoms with van der Waals surface area (Å²) in [7, 11) is 3.15. The van der Waals surface area contributed by atoms with Gasteiger partial charge >= 0.3 is 5.63 Å². The Kier molecular flexibility index (Phi) is 7.98. The fourth-order valence-electron chi connectivity index (χ4n) is 3.71. The lowest BCUT2D eigenvalue weighted by Gasteiger charge is -2.17. The van der Waals surface area contributed by atoms with Crippen molar-refractivity contribution in [3.63, 3.8) is 0 Å². The second kappa shape index (κ2) is 10.9. The van der Waals surface area contributed by atoms with Crippen molar-refractivity contribution in [2.24, 2.45) is 0 Å². The summed E-state index contributed by atoms with van der Waals surface area (Å²) >= 11 is 0. The van der Waals surface area contributed by atoms with Crippen LogP contribution < -0.4 is 25.2 Å². The molecular formula is C26H31NO6.